The number of amides is 1. The van der Waals surface area contributed by atoms with Crippen molar-refractivity contribution in [3.8, 4) is 0 Å². The number of likely N-dealkylation sites (tertiary alicyclic amines) is 1. The molecule has 4 heteroatoms. The average Bonchev–Trinajstić information content (AvgIpc) is 2.12. The number of carbonyl (C=O) groups excluding carboxylic acids is 1. The summed E-state index contributed by atoms with van der Waals surface area (Å²) in [6, 6.07) is 0. The third-order valence-corrected chi connectivity index (χ3v) is 2.66. The Hall–Kier alpha value is -0.640. The van der Waals surface area contributed by atoms with Crippen molar-refractivity contribution in [1.82, 2.24) is 10.2 Å². The van der Waals surface area contributed by atoms with Crippen LogP contribution in [0.15, 0.2) is 0 Å². The minimum absolute atomic E-state index is 0.0242. The number of carbonyl (C=O) groups is 1. The molecule has 0 aliphatic carbocycles. The van der Waals surface area contributed by atoms with Crippen molar-refractivity contribution >= 4 is 5.91 Å². The zero-order valence-corrected chi connectivity index (χ0v) is 8.98. The first-order valence-electron chi connectivity index (χ1n) is 5.15. The van der Waals surface area contributed by atoms with Crippen LogP contribution in [-0.4, -0.2) is 43.2 Å². The highest BCUT2D eigenvalue weighted by atomic mass is 19.1. The molecule has 0 saturated carbocycles. The zero-order chi connectivity index (χ0) is 10.6. The molecule has 1 fully saturated rings. The SMILES string of the molecule is CNC(=O)CCN1CCCC(C)(F)C1. The Morgan fingerprint density at radius 1 is 1.64 bits per heavy atom. The van der Waals surface area contributed by atoms with Crippen molar-refractivity contribution in [2.45, 2.75) is 31.9 Å². The van der Waals surface area contributed by atoms with E-state index < -0.39 is 5.67 Å². The molecule has 82 valence electrons. The summed E-state index contributed by atoms with van der Waals surface area (Å²) in [6.45, 7) is 3.68. The molecule has 0 bridgehead atoms. The number of rotatable bonds is 3. The molecule has 0 aromatic heterocycles. The fourth-order valence-corrected chi connectivity index (χ4v) is 1.87. The molecule has 0 spiro atoms. The van der Waals surface area contributed by atoms with Gasteiger partial charge in [-0.25, -0.2) is 4.39 Å². The van der Waals surface area contributed by atoms with E-state index in [1.165, 1.54) is 0 Å². The number of hydrogen-bond acceptors (Lipinski definition) is 2. The van der Waals surface area contributed by atoms with E-state index in [4.69, 9.17) is 0 Å². The van der Waals surface area contributed by atoms with Crippen LogP contribution in [-0.2, 0) is 4.79 Å². The Kier molecular flexibility index (Phi) is 3.86. The fourth-order valence-electron chi connectivity index (χ4n) is 1.87. The first-order valence-corrected chi connectivity index (χ1v) is 5.15. The second-order valence-corrected chi connectivity index (χ2v) is 4.22. The van der Waals surface area contributed by atoms with E-state index in [0.717, 1.165) is 13.0 Å². The highest BCUT2D eigenvalue weighted by Crippen LogP contribution is 2.24. The van der Waals surface area contributed by atoms with Crippen LogP contribution in [0.5, 0.6) is 0 Å². The van der Waals surface area contributed by atoms with E-state index in [9.17, 15) is 9.18 Å². The van der Waals surface area contributed by atoms with Crippen molar-refractivity contribution in [3.05, 3.63) is 0 Å². The lowest BCUT2D eigenvalue weighted by Crippen LogP contribution is -2.44. The van der Waals surface area contributed by atoms with Gasteiger partial charge < -0.3 is 5.32 Å². The number of halogens is 1. The molecule has 0 aromatic rings. The molecule has 14 heavy (non-hydrogen) atoms. The van der Waals surface area contributed by atoms with Crippen molar-refractivity contribution in [2.24, 2.45) is 0 Å². The molecule has 3 nitrogen and oxygen atoms in total. The Bertz CT molecular complexity index is 206. The smallest absolute Gasteiger partial charge is 0.221 e. The van der Waals surface area contributed by atoms with Crippen LogP contribution in [0.3, 0.4) is 0 Å². The summed E-state index contributed by atoms with van der Waals surface area (Å²) in [5.74, 6) is 0.0242. The summed E-state index contributed by atoms with van der Waals surface area (Å²) in [5, 5.41) is 2.57. The van der Waals surface area contributed by atoms with E-state index in [2.05, 4.69) is 5.32 Å². The molecule has 1 unspecified atom stereocenters. The largest absolute Gasteiger partial charge is 0.359 e. The molecule has 1 aliphatic rings. The summed E-state index contributed by atoms with van der Waals surface area (Å²) >= 11 is 0. The summed E-state index contributed by atoms with van der Waals surface area (Å²) in [7, 11) is 1.62. The Morgan fingerprint density at radius 2 is 2.36 bits per heavy atom. The molecule has 1 N–H and O–H groups in total. The molecule has 1 heterocycles. The van der Waals surface area contributed by atoms with Gasteiger partial charge in [-0.1, -0.05) is 0 Å². The van der Waals surface area contributed by atoms with Crippen molar-refractivity contribution in [2.75, 3.05) is 26.7 Å². The predicted octanol–water partition coefficient (Wildman–Crippen LogP) is 0.946. The van der Waals surface area contributed by atoms with E-state index in [1.807, 2.05) is 4.90 Å². The highest BCUT2D eigenvalue weighted by molar-refractivity contribution is 5.75. The lowest BCUT2D eigenvalue weighted by molar-refractivity contribution is -0.121. The maximum absolute atomic E-state index is 13.6. The Labute approximate surface area is 84.7 Å². The molecule has 1 rings (SSSR count). The molecular weight excluding hydrogens is 183 g/mol. The summed E-state index contributed by atoms with van der Waals surface area (Å²) in [5.41, 5.74) is -1.07. The van der Waals surface area contributed by atoms with Gasteiger partial charge in [0, 0.05) is 26.6 Å². The van der Waals surface area contributed by atoms with Crippen LogP contribution in [0.25, 0.3) is 0 Å². The number of nitrogens with zero attached hydrogens (tertiary/aromatic N) is 1. The Morgan fingerprint density at radius 3 is 2.93 bits per heavy atom. The number of nitrogens with one attached hydrogen (secondary N) is 1. The van der Waals surface area contributed by atoms with Crippen LogP contribution in [0.1, 0.15) is 26.2 Å². The Balaban J connectivity index is 2.28. The summed E-state index contributed by atoms with van der Waals surface area (Å²) in [4.78, 5) is 13.0. The van der Waals surface area contributed by atoms with E-state index >= 15 is 0 Å². The third kappa shape index (κ3) is 3.62. The van der Waals surface area contributed by atoms with Crippen LogP contribution in [0, 0.1) is 0 Å². The minimum Gasteiger partial charge on any atom is -0.359 e. The van der Waals surface area contributed by atoms with Crippen LogP contribution >= 0.6 is 0 Å². The van der Waals surface area contributed by atoms with Gasteiger partial charge in [0.15, 0.2) is 0 Å². The number of hydrogen-bond donors (Lipinski definition) is 1. The normalized spacial score (nSPS) is 28.8. The van der Waals surface area contributed by atoms with Gasteiger partial charge in [0.2, 0.25) is 5.91 Å². The average molecular weight is 202 g/mol. The third-order valence-electron chi connectivity index (χ3n) is 2.66. The summed E-state index contributed by atoms with van der Waals surface area (Å²) in [6.07, 6.45) is 2.00. The van der Waals surface area contributed by atoms with Gasteiger partial charge in [0.25, 0.3) is 0 Å². The van der Waals surface area contributed by atoms with Crippen molar-refractivity contribution in [3.63, 3.8) is 0 Å². The second-order valence-electron chi connectivity index (χ2n) is 4.22. The molecule has 0 radical (unpaired) electrons. The zero-order valence-electron chi connectivity index (χ0n) is 8.98. The molecule has 0 aromatic carbocycles. The maximum atomic E-state index is 13.6. The van der Waals surface area contributed by atoms with Gasteiger partial charge in [-0.2, -0.15) is 0 Å². The van der Waals surface area contributed by atoms with Crippen LogP contribution in [0.2, 0.25) is 0 Å². The van der Waals surface area contributed by atoms with Gasteiger partial charge in [0.1, 0.15) is 5.67 Å². The molecule has 1 amide bonds. The molecule has 1 atom stereocenters. The van der Waals surface area contributed by atoms with E-state index in [-0.39, 0.29) is 5.91 Å². The van der Waals surface area contributed by atoms with Crippen LogP contribution in [0.4, 0.5) is 4.39 Å². The van der Waals surface area contributed by atoms with E-state index in [0.29, 0.717) is 25.9 Å². The topological polar surface area (TPSA) is 32.3 Å². The highest BCUT2D eigenvalue weighted by Gasteiger charge is 2.30. The maximum Gasteiger partial charge on any atom is 0.221 e. The summed E-state index contributed by atoms with van der Waals surface area (Å²) < 4.78 is 13.6. The van der Waals surface area contributed by atoms with Gasteiger partial charge in [-0.05, 0) is 26.3 Å². The fraction of sp³-hybridized carbons (Fsp3) is 0.900. The number of alkyl halides is 1. The second kappa shape index (κ2) is 4.73. The van der Waals surface area contributed by atoms with Gasteiger partial charge >= 0.3 is 0 Å². The monoisotopic (exact) mass is 202 g/mol. The van der Waals surface area contributed by atoms with Gasteiger partial charge in [0.05, 0.1) is 0 Å². The van der Waals surface area contributed by atoms with Gasteiger partial charge in [-0.3, -0.25) is 9.69 Å². The molecule has 1 aliphatic heterocycles. The quantitative estimate of drug-likeness (QED) is 0.739. The van der Waals surface area contributed by atoms with E-state index in [1.54, 1.807) is 14.0 Å². The van der Waals surface area contributed by atoms with Crippen molar-refractivity contribution < 1.29 is 9.18 Å². The lowest BCUT2D eigenvalue weighted by Gasteiger charge is -2.34. The first-order chi connectivity index (χ1) is 6.53. The molecule has 1 saturated heterocycles. The first kappa shape index (κ1) is 11.4. The van der Waals surface area contributed by atoms with Crippen LogP contribution < -0.4 is 5.32 Å². The van der Waals surface area contributed by atoms with Gasteiger partial charge in [-0.15, -0.1) is 0 Å². The predicted molar refractivity (Wildman–Crippen MR) is 53.9 cm³/mol. The number of piperidine rings is 1. The molecular formula is C10H19FN2O. The lowest BCUT2D eigenvalue weighted by atomic mass is 9.97. The minimum atomic E-state index is -1.07. The van der Waals surface area contributed by atoms with Crippen molar-refractivity contribution in [1.29, 1.82) is 0 Å². The standard InChI is InChI=1S/C10H19FN2O/c1-10(11)5-3-6-13(8-10)7-4-9(14)12-2/h3-8H2,1-2H3,(H,12,14).